The highest BCUT2D eigenvalue weighted by atomic mass is 32.2. The Morgan fingerprint density at radius 1 is 1.13 bits per heavy atom. The molecule has 3 aromatic rings. The third-order valence-corrected chi connectivity index (χ3v) is 4.76. The number of sulfone groups is 1. The third kappa shape index (κ3) is 2.70. The molecule has 0 radical (unpaired) electrons. The maximum absolute atomic E-state index is 11.6. The first-order valence-electron chi connectivity index (χ1n) is 6.87. The highest BCUT2D eigenvalue weighted by Crippen LogP contribution is 2.23. The Morgan fingerprint density at radius 2 is 1.78 bits per heavy atom. The molecule has 1 heterocycles. The summed E-state index contributed by atoms with van der Waals surface area (Å²) in [4.78, 5) is 16.1. The maximum Gasteiger partial charge on any atom is 0.248 e. The van der Waals surface area contributed by atoms with Crippen LogP contribution in [0.1, 0.15) is 16.2 Å². The van der Waals surface area contributed by atoms with E-state index in [0.29, 0.717) is 5.56 Å². The molecule has 7 heteroatoms. The van der Waals surface area contributed by atoms with E-state index in [1.807, 2.05) is 11.5 Å². The summed E-state index contributed by atoms with van der Waals surface area (Å²) in [6.07, 6.45) is 1.17. The van der Waals surface area contributed by atoms with Crippen LogP contribution in [0.3, 0.4) is 0 Å². The smallest absolute Gasteiger partial charge is 0.248 e. The average molecular weight is 329 g/mol. The lowest BCUT2D eigenvalue weighted by Gasteiger charge is -2.08. The number of primary amides is 1. The van der Waals surface area contributed by atoms with Gasteiger partial charge in [0.05, 0.1) is 15.9 Å². The lowest BCUT2D eigenvalue weighted by atomic mass is 10.2. The highest BCUT2D eigenvalue weighted by molar-refractivity contribution is 7.90. The first-order chi connectivity index (χ1) is 10.8. The number of fused-ring (bicyclic) bond motifs is 1. The molecule has 2 N–H and O–H groups in total. The van der Waals surface area contributed by atoms with Gasteiger partial charge in [0.25, 0.3) is 0 Å². The minimum atomic E-state index is -3.25. The van der Waals surface area contributed by atoms with Gasteiger partial charge in [-0.1, -0.05) is 0 Å². The monoisotopic (exact) mass is 329 g/mol. The Labute approximate surface area is 133 Å². The van der Waals surface area contributed by atoms with Gasteiger partial charge >= 0.3 is 0 Å². The first-order valence-corrected chi connectivity index (χ1v) is 8.76. The lowest BCUT2D eigenvalue weighted by Crippen LogP contribution is -2.10. The van der Waals surface area contributed by atoms with Crippen molar-refractivity contribution in [2.45, 2.75) is 11.8 Å². The Kier molecular flexibility index (Phi) is 3.45. The summed E-state index contributed by atoms with van der Waals surface area (Å²) in [5.74, 6) is 0.221. The number of imidazole rings is 1. The molecule has 1 aromatic heterocycles. The largest absolute Gasteiger partial charge is 0.366 e. The number of rotatable bonds is 3. The van der Waals surface area contributed by atoms with Gasteiger partial charge in [-0.2, -0.15) is 0 Å². The fraction of sp³-hybridized carbons (Fsp3) is 0.125. The topological polar surface area (TPSA) is 95.0 Å². The molecule has 1 amide bonds. The predicted octanol–water partition coefficient (Wildman–Crippen LogP) is 1.84. The number of hydrogen-bond donors (Lipinski definition) is 1. The number of amides is 1. The van der Waals surface area contributed by atoms with Gasteiger partial charge in [0.2, 0.25) is 5.91 Å². The Bertz CT molecular complexity index is 1020. The number of carbonyl (C=O) groups excluding carboxylic acids is 1. The molecular weight excluding hydrogens is 314 g/mol. The van der Waals surface area contributed by atoms with Crippen molar-refractivity contribution in [3.63, 3.8) is 0 Å². The molecule has 0 atom stereocenters. The summed E-state index contributed by atoms with van der Waals surface area (Å²) in [7, 11) is -3.25. The summed E-state index contributed by atoms with van der Waals surface area (Å²) < 4.78 is 25.0. The molecular formula is C16H15N3O3S. The SMILES string of the molecule is Cc1nc2ccc(C(N)=O)cc2n1-c1ccc(S(C)(=O)=O)cc1. The number of carbonyl (C=O) groups is 1. The second-order valence-electron chi connectivity index (χ2n) is 5.33. The normalized spacial score (nSPS) is 11.7. The standard InChI is InChI=1S/C16H15N3O3S/c1-10-18-14-8-3-11(16(17)20)9-15(14)19(10)12-4-6-13(7-5-12)23(2,21)22/h3-9H,1-2H3,(H2,17,20). The molecule has 2 aromatic carbocycles. The molecule has 0 saturated carbocycles. The highest BCUT2D eigenvalue weighted by Gasteiger charge is 2.13. The van der Waals surface area contributed by atoms with Crippen LogP contribution in [0.4, 0.5) is 0 Å². The van der Waals surface area contributed by atoms with Crippen LogP contribution in [0.25, 0.3) is 16.7 Å². The minimum Gasteiger partial charge on any atom is -0.366 e. The Hall–Kier alpha value is -2.67. The van der Waals surface area contributed by atoms with Gasteiger partial charge in [0.15, 0.2) is 9.84 Å². The van der Waals surface area contributed by atoms with Crippen molar-refractivity contribution in [1.82, 2.24) is 9.55 Å². The van der Waals surface area contributed by atoms with Gasteiger partial charge in [-0.3, -0.25) is 9.36 Å². The Morgan fingerprint density at radius 3 is 2.35 bits per heavy atom. The van der Waals surface area contributed by atoms with E-state index in [1.54, 1.807) is 42.5 Å². The molecule has 0 aliphatic heterocycles. The van der Waals surface area contributed by atoms with Crippen molar-refractivity contribution in [1.29, 1.82) is 0 Å². The van der Waals surface area contributed by atoms with E-state index in [1.165, 1.54) is 6.26 Å². The van der Waals surface area contributed by atoms with E-state index in [0.717, 1.165) is 22.5 Å². The van der Waals surface area contributed by atoms with Crippen LogP contribution in [0.5, 0.6) is 0 Å². The van der Waals surface area contributed by atoms with Crippen LogP contribution in [-0.2, 0) is 9.84 Å². The Balaban J connectivity index is 2.21. The van der Waals surface area contributed by atoms with E-state index in [9.17, 15) is 13.2 Å². The number of aryl methyl sites for hydroxylation is 1. The minimum absolute atomic E-state index is 0.251. The number of hydrogen-bond acceptors (Lipinski definition) is 4. The fourth-order valence-corrected chi connectivity index (χ4v) is 3.15. The molecule has 118 valence electrons. The molecule has 0 spiro atoms. The molecule has 6 nitrogen and oxygen atoms in total. The van der Waals surface area contributed by atoms with E-state index >= 15 is 0 Å². The zero-order chi connectivity index (χ0) is 16.8. The van der Waals surface area contributed by atoms with Crippen LogP contribution in [0.15, 0.2) is 47.4 Å². The van der Waals surface area contributed by atoms with E-state index in [2.05, 4.69) is 4.98 Å². The summed E-state index contributed by atoms with van der Waals surface area (Å²) in [5.41, 5.74) is 7.97. The number of nitrogens with zero attached hydrogens (tertiary/aromatic N) is 2. The molecule has 3 rings (SSSR count). The summed E-state index contributed by atoms with van der Waals surface area (Å²) >= 11 is 0. The van der Waals surface area contributed by atoms with Crippen molar-refractivity contribution in [3.8, 4) is 5.69 Å². The number of benzene rings is 2. The summed E-state index contributed by atoms with van der Waals surface area (Å²) in [5, 5.41) is 0. The van der Waals surface area contributed by atoms with Gasteiger partial charge < -0.3 is 5.73 Å². The van der Waals surface area contributed by atoms with Gasteiger partial charge in [-0.15, -0.1) is 0 Å². The van der Waals surface area contributed by atoms with Crippen LogP contribution in [0.2, 0.25) is 0 Å². The zero-order valence-corrected chi connectivity index (χ0v) is 13.5. The van der Waals surface area contributed by atoms with Crippen molar-refractivity contribution in [2.24, 2.45) is 5.73 Å². The van der Waals surface area contributed by atoms with Crippen molar-refractivity contribution >= 4 is 26.8 Å². The first kappa shape index (κ1) is 15.2. The quantitative estimate of drug-likeness (QED) is 0.793. The van der Waals surface area contributed by atoms with Crippen molar-refractivity contribution < 1.29 is 13.2 Å². The summed E-state index contributed by atoms with van der Waals surface area (Å²) in [6, 6.07) is 11.6. The lowest BCUT2D eigenvalue weighted by molar-refractivity contribution is 0.100. The van der Waals surface area contributed by atoms with E-state index in [4.69, 9.17) is 5.73 Å². The number of nitrogens with two attached hydrogens (primary N) is 1. The van der Waals surface area contributed by atoms with Gasteiger partial charge in [-0.05, 0) is 49.4 Å². The second-order valence-corrected chi connectivity index (χ2v) is 7.34. The van der Waals surface area contributed by atoms with Crippen LogP contribution >= 0.6 is 0 Å². The molecule has 0 fully saturated rings. The van der Waals surface area contributed by atoms with Crippen molar-refractivity contribution in [2.75, 3.05) is 6.26 Å². The molecule has 0 aliphatic carbocycles. The van der Waals surface area contributed by atoms with Gasteiger partial charge in [-0.25, -0.2) is 13.4 Å². The van der Waals surface area contributed by atoms with Gasteiger partial charge in [0.1, 0.15) is 5.82 Å². The van der Waals surface area contributed by atoms with Crippen molar-refractivity contribution in [3.05, 3.63) is 53.9 Å². The fourth-order valence-electron chi connectivity index (χ4n) is 2.52. The zero-order valence-electron chi connectivity index (χ0n) is 12.6. The average Bonchev–Trinajstić information content (AvgIpc) is 2.81. The molecule has 23 heavy (non-hydrogen) atoms. The van der Waals surface area contributed by atoms with E-state index in [-0.39, 0.29) is 4.90 Å². The predicted molar refractivity (Wildman–Crippen MR) is 87.4 cm³/mol. The summed E-state index contributed by atoms with van der Waals surface area (Å²) in [6.45, 7) is 1.84. The molecule has 0 saturated heterocycles. The van der Waals surface area contributed by atoms with E-state index < -0.39 is 15.7 Å². The van der Waals surface area contributed by atoms with Crippen LogP contribution in [-0.4, -0.2) is 30.1 Å². The molecule has 0 unspecified atom stereocenters. The molecule has 0 aliphatic rings. The maximum atomic E-state index is 11.6. The third-order valence-electron chi connectivity index (χ3n) is 3.63. The second kappa shape index (κ2) is 5.20. The molecule has 0 bridgehead atoms. The van der Waals surface area contributed by atoms with Gasteiger partial charge in [0, 0.05) is 17.5 Å². The van der Waals surface area contributed by atoms with Crippen LogP contribution < -0.4 is 5.73 Å². The van der Waals surface area contributed by atoms with Crippen LogP contribution in [0, 0.1) is 6.92 Å². The number of aromatic nitrogens is 2.